The minimum atomic E-state index is 0.192. The first-order valence-electron chi connectivity index (χ1n) is 4.11. The third-order valence-corrected chi connectivity index (χ3v) is 2.07. The Kier molecular flexibility index (Phi) is 2.28. The third kappa shape index (κ3) is 1.65. The van der Waals surface area contributed by atoms with Crippen LogP contribution in [0.5, 0.6) is 5.75 Å². The molecule has 0 unspecified atom stereocenters. The van der Waals surface area contributed by atoms with Crippen molar-refractivity contribution >= 4 is 12.2 Å². The van der Waals surface area contributed by atoms with E-state index in [1.54, 1.807) is 30.5 Å². The van der Waals surface area contributed by atoms with Crippen molar-refractivity contribution in [2.24, 2.45) is 0 Å². The second-order valence-electron chi connectivity index (χ2n) is 2.80. The number of aromatic amines is 1. The Morgan fingerprint density at radius 3 is 2.71 bits per heavy atom. The van der Waals surface area contributed by atoms with Crippen molar-refractivity contribution < 1.29 is 5.11 Å². The fourth-order valence-electron chi connectivity index (χ4n) is 1.18. The molecule has 0 bridgehead atoms. The molecule has 2 rings (SSSR count). The summed E-state index contributed by atoms with van der Waals surface area (Å²) in [5.41, 5.74) is 0.652. The summed E-state index contributed by atoms with van der Waals surface area (Å²) in [4.78, 5) is 7.00. The number of phenols is 1. The van der Waals surface area contributed by atoms with Crippen molar-refractivity contribution in [3.05, 3.63) is 41.2 Å². The van der Waals surface area contributed by atoms with Crippen LogP contribution in [-0.4, -0.2) is 15.1 Å². The number of para-hydroxylation sites is 1. The number of aromatic nitrogens is 2. The van der Waals surface area contributed by atoms with Crippen molar-refractivity contribution in [1.29, 1.82) is 0 Å². The van der Waals surface area contributed by atoms with E-state index in [0.29, 0.717) is 16.0 Å². The van der Waals surface area contributed by atoms with Gasteiger partial charge >= 0.3 is 0 Å². The monoisotopic (exact) mass is 204 g/mol. The molecule has 0 amide bonds. The van der Waals surface area contributed by atoms with Gasteiger partial charge in [0, 0.05) is 6.20 Å². The molecule has 1 aromatic carbocycles. The largest absolute Gasteiger partial charge is 0.507 e. The molecule has 0 aliphatic carbocycles. The predicted octanol–water partition coefficient (Wildman–Crippen LogP) is 2.51. The van der Waals surface area contributed by atoms with Gasteiger partial charge in [-0.1, -0.05) is 24.4 Å². The molecule has 4 heteroatoms. The average molecular weight is 204 g/mol. The van der Waals surface area contributed by atoms with Crippen molar-refractivity contribution in [3.63, 3.8) is 0 Å². The van der Waals surface area contributed by atoms with Crippen LogP contribution >= 0.6 is 12.2 Å². The normalized spacial score (nSPS) is 10.0. The summed E-state index contributed by atoms with van der Waals surface area (Å²) in [6, 6.07) is 8.68. The van der Waals surface area contributed by atoms with Gasteiger partial charge in [0.1, 0.15) is 16.2 Å². The lowest BCUT2D eigenvalue weighted by molar-refractivity contribution is 0.477. The summed E-state index contributed by atoms with van der Waals surface area (Å²) < 4.78 is 0.596. The molecule has 0 fully saturated rings. The van der Waals surface area contributed by atoms with Crippen LogP contribution in [0.1, 0.15) is 0 Å². The number of benzene rings is 1. The predicted molar refractivity (Wildman–Crippen MR) is 56.5 cm³/mol. The molecular weight excluding hydrogens is 196 g/mol. The molecule has 0 radical (unpaired) electrons. The summed E-state index contributed by atoms with van der Waals surface area (Å²) in [5.74, 6) is 0.771. The van der Waals surface area contributed by atoms with Gasteiger partial charge in [-0.3, -0.25) is 0 Å². The topological polar surface area (TPSA) is 48.9 Å². The zero-order chi connectivity index (χ0) is 9.97. The highest BCUT2D eigenvalue weighted by atomic mass is 32.1. The van der Waals surface area contributed by atoms with Crippen LogP contribution in [0, 0.1) is 4.64 Å². The van der Waals surface area contributed by atoms with Gasteiger partial charge in [-0.05, 0) is 18.2 Å². The molecule has 1 aromatic heterocycles. The van der Waals surface area contributed by atoms with E-state index in [4.69, 9.17) is 12.2 Å². The molecule has 14 heavy (non-hydrogen) atoms. The number of hydrogen-bond donors (Lipinski definition) is 2. The highest BCUT2D eigenvalue weighted by Gasteiger charge is 2.03. The Balaban J connectivity index is 2.61. The number of nitrogens with zero attached hydrogens (tertiary/aromatic N) is 1. The van der Waals surface area contributed by atoms with Gasteiger partial charge in [-0.2, -0.15) is 0 Å². The maximum absolute atomic E-state index is 9.56. The third-order valence-electron chi connectivity index (χ3n) is 1.83. The number of H-pyrrole nitrogens is 1. The minimum absolute atomic E-state index is 0.192. The number of rotatable bonds is 1. The highest BCUT2D eigenvalue weighted by Crippen LogP contribution is 2.24. The van der Waals surface area contributed by atoms with Crippen LogP contribution in [0.15, 0.2) is 36.5 Å². The Bertz CT molecular complexity index is 507. The Morgan fingerprint density at radius 2 is 2.00 bits per heavy atom. The number of phenolic OH excluding ortho intramolecular Hbond substituents is 1. The van der Waals surface area contributed by atoms with Crippen molar-refractivity contribution in [3.8, 4) is 17.1 Å². The van der Waals surface area contributed by atoms with Gasteiger partial charge in [0.25, 0.3) is 0 Å². The molecule has 70 valence electrons. The lowest BCUT2D eigenvalue weighted by atomic mass is 10.2. The van der Waals surface area contributed by atoms with Gasteiger partial charge in [0.05, 0.1) is 5.56 Å². The van der Waals surface area contributed by atoms with E-state index in [1.165, 1.54) is 0 Å². The molecule has 0 saturated heterocycles. The summed E-state index contributed by atoms with van der Waals surface area (Å²) in [6.45, 7) is 0. The second kappa shape index (κ2) is 3.59. The summed E-state index contributed by atoms with van der Waals surface area (Å²) in [5, 5.41) is 9.56. The smallest absolute Gasteiger partial charge is 0.141 e. The van der Waals surface area contributed by atoms with E-state index < -0.39 is 0 Å². The Hall–Kier alpha value is -1.68. The van der Waals surface area contributed by atoms with Crippen LogP contribution in [0.3, 0.4) is 0 Å². The molecule has 0 spiro atoms. The molecular formula is C10H8N2OS. The van der Waals surface area contributed by atoms with Crippen LogP contribution < -0.4 is 0 Å². The zero-order valence-corrected chi connectivity index (χ0v) is 8.08. The van der Waals surface area contributed by atoms with Crippen LogP contribution in [0.4, 0.5) is 0 Å². The summed E-state index contributed by atoms with van der Waals surface area (Å²) >= 11 is 4.97. The van der Waals surface area contributed by atoms with E-state index in [0.717, 1.165) is 0 Å². The van der Waals surface area contributed by atoms with Gasteiger partial charge in [-0.15, -0.1) is 0 Å². The Morgan fingerprint density at radius 1 is 1.21 bits per heavy atom. The molecule has 0 atom stereocenters. The molecule has 3 nitrogen and oxygen atoms in total. The highest BCUT2D eigenvalue weighted by molar-refractivity contribution is 7.71. The first-order chi connectivity index (χ1) is 6.77. The quantitative estimate of drug-likeness (QED) is 0.702. The first kappa shape index (κ1) is 8.90. The molecule has 2 aromatic rings. The van der Waals surface area contributed by atoms with Gasteiger partial charge in [0.15, 0.2) is 0 Å². The zero-order valence-electron chi connectivity index (χ0n) is 7.27. The lowest BCUT2D eigenvalue weighted by Crippen LogP contribution is -1.88. The maximum atomic E-state index is 9.56. The van der Waals surface area contributed by atoms with Crippen LogP contribution in [0.2, 0.25) is 0 Å². The summed E-state index contributed by atoms with van der Waals surface area (Å²) in [7, 11) is 0. The van der Waals surface area contributed by atoms with E-state index >= 15 is 0 Å². The van der Waals surface area contributed by atoms with E-state index in [1.807, 2.05) is 6.07 Å². The SMILES string of the molecule is Oc1ccccc1-c1nccc(=S)[nH]1. The Labute approximate surface area is 86.1 Å². The maximum Gasteiger partial charge on any atom is 0.141 e. The second-order valence-corrected chi connectivity index (χ2v) is 3.24. The number of nitrogens with one attached hydrogen (secondary N) is 1. The summed E-state index contributed by atoms with van der Waals surface area (Å²) in [6.07, 6.45) is 1.61. The molecule has 0 aliphatic rings. The minimum Gasteiger partial charge on any atom is -0.507 e. The van der Waals surface area contributed by atoms with E-state index in [-0.39, 0.29) is 5.75 Å². The molecule has 1 heterocycles. The lowest BCUT2D eigenvalue weighted by Gasteiger charge is -2.02. The van der Waals surface area contributed by atoms with Crippen molar-refractivity contribution in [2.45, 2.75) is 0 Å². The van der Waals surface area contributed by atoms with E-state index in [2.05, 4.69) is 9.97 Å². The fourth-order valence-corrected chi connectivity index (χ4v) is 1.34. The fraction of sp³-hybridized carbons (Fsp3) is 0. The molecule has 2 N–H and O–H groups in total. The first-order valence-corrected chi connectivity index (χ1v) is 4.52. The van der Waals surface area contributed by atoms with Gasteiger partial charge < -0.3 is 10.1 Å². The van der Waals surface area contributed by atoms with E-state index in [9.17, 15) is 5.11 Å². The van der Waals surface area contributed by atoms with Crippen molar-refractivity contribution in [2.75, 3.05) is 0 Å². The van der Waals surface area contributed by atoms with Crippen LogP contribution in [-0.2, 0) is 0 Å². The van der Waals surface area contributed by atoms with Crippen molar-refractivity contribution in [1.82, 2.24) is 9.97 Å². The van der Waals surface area contributed by atoms with Crippen LogP contribution in [0.25, 0.3) is 11.4 Å². The van der Waals surface area contributed by atoms with Gasteiger partial charge in [-0.25, -0.2) is 4.98 Å². The number of hydrogen-bond acceptors (Lipinski definition) is 3. The number of aromatic hydroxyl groups is 1. The standard InChI is InChI=1S/C10H8N2OS/c13-8-4-2-1-3-7(8)10-11-6-5-9(14)12-10/h1-6,13H,(H,11,12,14). The van der Waals surface area contributed by atoms with Gasteiger partial charge in [0.2, 0.25) is 0 Å². The average Bonchev–Trinajstić information content (AvgIpc) is 2.18. The molecule has 0 aliphatic heterocycles. The molecule has 0 saturated carbocycles.